The van der Waals surface area contributed by atoms with E-state index in [0.29, 0.717) is 11.5 Å². The average molecular weight is 332 g/mol. The standard InChI is InChI=1S/C20H20N4O/c1-14-8-6-7-11-17(14)19(25)23-15(2)12-18(16-9-4-3-5-10-16)24-20(23)21-13-22-24/h3-11,13,15,18H,12H2,1-2H3. The third-order valence-electron chi connectivity index (χ3n) is 4.85. The van der Waals surface area contributed by atoms with Crippen molar-refractivity contribution in [2.75, 3.05) is 4.90 Å². The minimum absolute atomic E-state index is 0.0219. The summed E-state index contributed by atoms with van der Waals surface area (Å²) in [5.74, 6) is 0.590. The van der Waals surface area contributed by atoms with Crippen LogP contribution in [0.2, 0.25) is 0 Å². The molecule has 0 N–H and O–H groups in total. The Kier molecular flexibility index (Phi) is 3.84. The molecule has 0 saturated heterocycles. The monoisotopic (exact) mass is 332 g/mol. The summed E-state index contributed by atoms with van der Waals surface area (Å²) in [5, 5.41) is 4.41. The Bertz CT molecular complexity index is 903. The molecule has 2 aromatic carbocycles. The van der Waals surface area contributed by atoms with Gasteiger partial charge in [-0.05, 0) is 37.5 Å². The lowest BCUT2D eigenvalue weighted by molar-refractivity contribution is 0.0966. The summed E-state index contributed by atoms with van der Waals surface area (Å²) < 4.78 is 1.87. The van der Waals surface area contributed by atoms with E-state index in [-0.39, 0.29) is 18.0 Å². The highest BCUT2D eigenvalue weighted by Crippen LogP contribution is 2.35. The van der Waals surface area contributed by atoms with Crippen LogP contribution < -0.4 is 4.90 Å². The number of anilines is 1. The van der Waals surface area contributed by atoms with Gasteiger partial charge in [-0.2, -0.15) is 10.1 Å². The second-order valence-corrected chi connectivity index (χ2v) is 6.51. The normalized spacial score (nSPS) is 19.5. The van der Waals surface area contributed by atoms with Crippen LogP contribution in [0.4, 0.5) is 5.95 Å². The van der Waals surface area contributed by atoms with Gasteiger partial charge in [-0.15, -0.1) is 0 Å². The minimum Gasteiger partial charge on any atom is -0.274 e. The van der Waals surface area contributed by atoms with Gasteiger partial charge in [-0.3, -0.25) is 9.69 Å². The number of fused-ring (bicyclic) bond motifs is 1. The Balaban J connectivity index is 1.76. The van der Waals surface area contributed by atoms with Crippen molar-refractivity contribution in [1.82, 2.24) is 14.8 Å². The molecule has 0 radical (unpaired) electrons. The minimum atomic E-state index is -0.0219. The highest BCUT2D eigenvalue weighted by Gasteiger charge is 2.36. The highest BCUT2D eigenvalue weighted by molar-refractivity contribution is 6.06. The Labute approximate surface area is 146 Å². The van der Waals surface area contributed by atoms with Gasteiger partial charge in [0.1, 0.15) is 6.33 Å². The van der Waals surface area contributed by atoms with E-state index in [0.717, 1.165) is 12.0 Å². The molecule has 5 heteroatoms. The molecule has 2 atom stereocenters. The molecule has 1 amide bonds. The number of aromatic nitrogens is 3. The van der Waals surface area contributed by atoms with E-state index in [1.54, 1.807) is 4.90 Å². The van der Waals surface area contributed by atoms with Crippen LogP contribution in [0.5, 0.6) is 0 Å². The lowest BCUT2D eigenvalue weighted by Gasteiger charge is -2.37. The number of hydrogen-bond acceptors (Lipinski definition) is 3. The van der Waals surface area contributed by atoms with Crippen LogP contribution in [-0.4, -0.2) is 26.7 Å². The van der Waals surface area contributed by atoms with E-state index in [4.69, 9.17) is 0 Å². The first kappa shape index (κ1) is 15.6. The average Bonchev–Trinajstić information content (AvgIpc) is 3.11. The predicted octanol–water partition coefficient (Wildman–Crippen LogP) is 3.61. The molecule has 1 aromatic heterocycles. The molecule has 25 heavy (non-hydrogen) atoms. The van der Waals surface area contributed by atoms with Crippen LogP contribution in [0.15, 0.2) is 60.9 Å². The molecule has 1 aliphatic rings. The summed E-state index contributed by atoms with van der Waals surface area (Å²) in [5.41, 5.74) is 2.86. The maximum atomic E-state index is 13.2. The number of rotatable bonds is 2. The van der Waals surface area contributed by atoms with Gasteiger partial charge in [-0.25, -0.2) is 4.68 Å². The van der Waals surface area contributed by atoms with Crippen molar-refractivity contribution < 1.29 is 4.79 Å². The zero-order chi connectivity index (χ0) is 17.4. The Morgan fingerprint density at radius 2 is 1.80 bits per heavy atom. The van der Waals surface area contributed by atoms with Crippen LogP contribution in [0.25, 0.3) is 0 Å². The molecule has 2 heterocycles. The number of aryl methyl sites for hydroxylation is 1. The smallest absolute Gasteiger partial charge is 0.261 e. The molecule has 0 fully saturated rings. The van der Waals surface area contributed by atoms with Gasteiger partial charge in [0, 0.05) is 11.6 Å². The topological polar surface area (TPSA) is 51.0 Å². The number of amides is 1. The lowest BCUT2D eigenvalue weighted by Crippen LogP contribution is -2.46. The van der Waals surface area contributed by atoms with Crippen LogP contribution in [0.1, 0.15) is 40.9 Å². The van der Waals surface area contributed by atoms with E-state index >= 15 is 0 Å². The first-order valence-corrected chi connectivity index (χ1v) is 8.50. The van der Waals surface area contributed by atoms with Crippen LogP contribution in [0.3, 0.4) is 0 Å². The largest absolute Gasteiger partial charge is 0.274 e. The highest BCUT2D eigenvalue weighted by atomic mass is 16.2. The molecule has 0 aliphatic carbocycles. The number of carbonyl (C=O) groups excluding carboxylic acids is 1. The molecule has 1 aliphatic heterocycles. The molecular weight excluding hydrogens is 312 g/mol. The van der Waals surface area contributed by atoms with E-state index in [9.17, 15) is 4.79 Å². The first-order valence-electron chi connectivity index (χ1n) is 8.50. The fourth-order valence-corrected chi connectivity index (χ4v) is 3.55. The lowest BCUT2D eigenvalue weighted by atomic mass is 9.96. The van der Waals surface area contributed by atoms with Crippen molar-refractivity contribution in [2.24, 2.45) is 0 Å². The van der Waals surface area contributed by atoms with Crippen molar-refractivity contribution in [1.29, 1.82) is 0 Å². The molecule has 0 saturated carbocycles. The number of carbonyl (C=O) groups is 1. The molecule has 3 aromatic rings. The summed E-state index contributed by atoms with van der Waals surface area (Å²) >= 11 is 0. The maximum Gasteiger partial charge on any atom is 0.261 e. The van der Waals surface area contributed by atoms with Gasteiger partial charge < -0.3 is 0 Å². The molecule has 0 spiro atoms. The second kappa shape index (κ2) is 6.16. The van der Waals surface area contributed by atoms with Gasteiger partial charge in [0.2, 0.25) is 5.95 Å². The van der Waals surface area contributed by atoms with Crippen LogP contribution >= 0.6 is 0 Å². The summed E-state index contributed by atoms with van der Waals surface area (Å²) in [7, 11) is 0. The number of benzene rings is 2. The van der Waals surface area contributed by atoms with E-state index in [1.165, 1.54) is 11.9 Å². The zero-order valence-corrected chi connectivity index (χ0v) is 14.3. The quantitative estimate of drug-likeness (QED) is 0.720. The fourth-order valence-electron chi connectivity index (χ4n) is 3.55. The summed E-state index contributed by atoms with van der Waals surface area (Å²) in [6.45, 7) is 4.03. The summed E-state index contributed by atoms with van der Waals surface area (Å²) in [6, 6.07) is 18.1. The first-order chi connectivity index (χ1) is 12.2. The van der Waals surface area contributed by atoms with Gasteiger partial charge in [0.15, 0.2) is 0 Å². The molecule has 2 unspecified atom stereocenters. The van der Waals surface area contributed by atoms with Crippen molar-refractivity contribution in [2.45, 2.75) is 32.4 Å². The predicted molar refractivity (Wildman–Crippen MR) is 96.7 cm³/mol. The Morgan fingerprint density at radius 3 is 2.56 bits per heavy atom. The molecule has 126 valence electrons. The third-order valence-corrected chi connectivity index (χ3v) is 4.85. The van der Waals surface area contributed by atoms with Crippen LogP contribution in [-0.2, 0) is 0 Å². The summed E-state index contributed by atoms with van der Waals surface area (Å²) in [4.78, 5) is 19.3. The van der Waals surface area contributed by atoms with E-state index < -0.39 is 0 Å². The maximum absolute atomic E-state index is 13.2. The fraction of sp³-hybridized carbons (Fsp3) is 0.250. The van der Waals surface area contributed by atoms with Gasteiger partial charge in [0.25, 0.3) is 5.91 Å². The molecule has 0 bridgehead atoms. The number of hydrogen-bond donors (Lipinski definition) is 0. The van der Waals surface area contributed by atoms with E-state index in [1.807, 2.05) is 54.1 Å². The van der Waals surface area contributed by atoms with Gasteiger partial charge >= 0.3 is 0 Å². The van der Waals surface area contributed by atoms with Crippen molar-refractivity contribution in [3.8, 4) is 0 Å². The van der Waals surface area contributed by atoms with Crippen molar-refractivity contribution in [3.05, 3.63) is 77.6 Å². The van der Waals surface area contributed by atoms with Gasteiger partial charge in [0.05, 0.1) is 6.04 Å². The zero-order valence-electron chi connectivity index (χ0n) is 14.3. The number of nitrogens with zero attached hydrogens (tertiary/aromatic N) is 4. The molecule has 4 rings (SSSR count). The van der Waals surface area contributed by atoms with Crippen molar-refractivity contribution >= 4 is 11.9 Å². The van der Waals surface area contributed by atoms with Crippen molar-refractivity contribution in [3.63, 3.8) is 0 Å². The molecular formula is C20H20N4O. The SMILES string of the molecule is Cc1ccccc1C(=O)N1c2ncnn2C(c2ccccc2)CC1C. The molecule has 5 nitrogen and oxygen atoms in total. The van der Waals surface area contributed by atoms with Crippen LogP contribution in [0, 0.1) is 6.92 Å². The summed E-state index contributed by atoms with van der Waals surface area (Å²) in [6.07, 6.45) is 2.33. The third kappa shape index (κ3) is 2.61. The Hall–Kier alpha value is -2.95. The Morgan fingerprint density at radius 1 is 1.08 bits per heavy atom. The van der Waals surface area contributed by atoms with Gasteiger partial charge in [-0.1, -0.05) is 48.5 Å². The van der Waals surface area contributed by atoms with E-state index in [2.05, 4.69) is 29.1 Å². The second-order valence-electron chi connectivity index (χ2n) is 6.51.